The van der Waals surface area contributed by atoms with E-state index in [4.69, 9.17) is 11.1 Å². The van der Waals surface area contributed by atoms with Gasteiger partial charge in [-0.25, -0.2) is 0 Å². The molecule has 0 fully saturated rings. The van der Waals surface area contributed by atoms with Crippen molar-refractivity contribution in [2.24, 2.45) is 5.73 Å². The normalized spacial score (nSPS) is 11.4. The molecule has 0 spiro atoms. The van der Waals surface area contributed by atoms with Crippen molar-refractivity contribution in [2.45, 2.75) is 6.92 Å². The first-order valence-electron chi connectivity index (χ1n) is 1.84. The van der Waals surface area contributed by atoms with Crippen molar-refractivity contribution in [2.75, 3.05) is 0 Å². The number of thiol groups is 1. The van der Waals surface area contributed by atoms with E-state index in [1.807, 2.05) is 0 Å². The Morgan fingerprint density at radius 1 is 1.86 bits per heavy atom. The van der Waals surface area contributed by atoms with E-state index < -0.39 is 0 Å². The van der Waals surface area contributed by atoms with Gasteiger partial charge >= 0.3 is 0 Å². The van der Waals surface area contributed by atoms with Gasteiger partial charge in [0.15, 0.2) is 0 Å². The molecule has 0 radical (unpaired) electrons. The van der Waals surface area contributed by atoms with Gasteiger partial charge in [-0.05, 0) is 17.9 Å². The van der Waals surface area contributed by atoms with Gasteiger partial charge in [-0.15, -0.1) is 12.6 Å². The molecule has 0 aliphatic rings. The molecule has 0 aliphatic carbocycles. The first-order valence-corrected chi connectivity index (χ1v) is 2.29. The number of hydrogen-bond donors (Lipinski definition) is 3. The van der Waals surface area contributed by atoms with E-state index in [2.05, 4.69) is 12.6 Å². The zero-order chi connectivity index (χ0) is 5.86. The van der Waals surface area contributed by atoms with Crippen molar-refractivity contribution in [3.05, 3.63) is 11.0 Å². The van der Waals surface area contributed by atoms with Crippen LogP contribution < -0.4 is 5.73 Å². The second-order valence-electron chi connectivity index (χ2n) is 1.24. The summed E-state index contributed by atoms with van der Waals surface area (Å²) < 4.78 is 0. The van der Waals surface area contributed by atoms with Crippen LogP contribution in [0, 0.1) is 5.41 Å². The third-order valence-corrected chi connectivity index (χ3v) is 0.493. The number of nitrogens with one attached hydrogen (secondary N) is 1. The Bertz CT molecular complexity index is 102. The van der Waals surface area contributed by atoms with Crippen LogP contribution in [0.1, 0.15) is 6.92 Å². The fourth-order valence-corrected chi connectivity index (χ4v) is 0.364. The molecular formula is C4H8N2S. The van der Waals surface area contributed by atoms with Crippen LogP contribution >= 0.6 is 12.6 Å². The van der Waals surface area contributed by atoms with Crippen LogP contribution in [0.4, 0.5) is 0 Å². The first-order chi connectivity index (χ1) is 3.13. The molecule has 0 aromatic rings. The quantitative estimate of drug-likeness (QED) is 0.264. The van der Waals surface area contributed by atoms with E-state index in [0.717, 1.165) is 4.91 Å². The van der Waals surface area contributed by atoms with E-state index in [1.54, 1.807) is 6.92 Å². The molecule has 0 aromatic carbocycles. The molecule has 0 aromatic heterocycles. The lowest BCUT2D eigenvalue weighted by Gasteiger charge is -1.83. The number of allylic oxidation sites excluding steroid dienone is 1. The molecule has 0 heterocycles. The van der Waals surface area contributed by atoms with Gasteiger partial charge in [0.2, 0.25) is 0 Å². The molecule has 0 rings (SSSR count). The summed E-state index contributed by atoms with van der Waals surface area (Å²) in [5, 5.41) is 6.68. The van der Waals surface area contributed by atoms with Gasteiger partial charge in [-0.1, -0.05) is 0 Å². The lowest BCUT2D eigenvalue weighted by Crippen LogP contribution is -2.04. The number of amidine groups is 1. The van der Waals surface area contributed by atoms with E-state index >= 15 is 0 Å². The highest BCUT2D eigenvalue weighted by Gasteiger charge is 1.77. The summed E-state index contributed by atoms with van der Waals surface area (Å²) in [6, 6.07) is 0. The SMILES string of the molecule is C/C(S)=C/C(=N)N. The maximum atomic E-state index is 6.68. The average Bonchev–Trinajstić information content (AvgIpc) is 1.27. The van der Waals surface area contributed by atoms with E-state index in [-0.39, 0.29) is 5.84 Å². The van der Waals surface area contributed by atoms with Crippen molar-refractivity contribution in [3.63, 3.8) is 0 Å². The highest BCUT2D eigenvalue weighted by molar-refractivity contribution is 7.84. The smallest absolute Gasteiger partial charge is 0.116 e. The molecule has 0 bridgehead atoms. The van der Waals surface area contributed by atoms with Gasteiger partial charge in [0, 0.05) is 0 Å². The van der Waals surface area contributed by atoms with Crippen molar-refractivity contribution < 1.29 is 0 Å². The Kier molecular flexibility index (Phi) is 2.52. The van der Waals surface area contributed by atoms with Crippen molar-refractivity contribution in [1.82, 2.24) is 0 Å². The van der Waals surface area contributed by atoms with E-state index in [9.17, 15) is 0 Å². The highest BCUT2D eigenvalue weighted by Crippen LogP contribution is 1.93. The van der Waals surface area contributed by atoms with Crippen LogP contribution in [0.3, 0.4) is 0 Å². The average molecular weight is 116 g/mol. The first kappa shape index (κ1) is 6.56. The third kappa shape index (κ3) is 5.56. The zero-order valence-electron chi connectivity index (χ0n) is 4.10. The largest absolute Gasteiger partial charge is 0.384 e. The predicted molar refractivity (Wildman–Crippen MR) is 34.7 cm³/mol. The Morgan fingerprint density at radius 2 is 2.29 bits per heavy atom. The van der Waals surface area contributed by atoms with Crippen LogP contribution in [0.25, 0.3) is 0 Å². The Balaban J connectivity index is 3.68. The number of hydrogen-bond acceptors (Lipinski definition) is 2. The zero-order valence-corrected chi connectivity index (χ0v) is 5.00. The van der Waals surface area contributed by atoms with Gasteiger partial charge in [-0.3, -0.25) is 5.41 Å². The van der Waals surface area contributed by atoms with E-state index in [1.165, 1.54) is 6.08 Å². The maximum absolute atomic E-state index is 6.68. The molecule has 2 nitrogen and oxygen atoms in total. The van der Waals surface area contributed by atoms with Crippen molar-refractivity contribution in [1.29, 1.82) is 5.41 Å². The van der Waals surface area contributed by atoms with Crippen LogP contribution in [-0.2, 0) is 0 Å². The summed E-state index contributed by atoms with van der Waals surface area (Å²) in [4.78, 5) is 0.757. The predicted octanol–water partition coefficient (Wildman–Crippen LogP) is 0.756. The summed E-state index contributed by atoms with van der Waals surface area (Å²) >= 11 is 3.88. The molecule has 3 N–H and O–H groups in total. The monoisotopic (exact) mass is 116 g/mol. The Hall–Kier alpha value is -0.440. The molecular weight excluding hydrogens is 108 g/mol. The molecule has 7 heavy (non-hydrogen) atoms. The minimum absolute atomic E-state index is 0.0486. The second kappa shape index (κ2) is 2.69. The minimum atomic E-state index is 0.0486. The number of nitrogens with two attached hydrogens (primary N) is 1. The van der Waals surface area contributed by atoms with Gasteiger partial charge in [-0.2, -0.15) is 0 Å². The molecule has 3 heteroatoms. The number of rotatable bonds is 1. The van der Waals surface area contributed by atoms with Crippen molar-refractivity contribution in [3.8, 4) is 0 Å². The molecule has 0 amide bonds. The Morgan fingerprint density at radius 3 is 2.29 bits per heavy atom. The molecule has 0 aliphatic heterocycles. The fraction of sp³-hybridized carbons (Fsp3) is 0.250. The maximum Gasteiger partial charge on any atom is 0.116 e. The van der Waals surface area contributed by atoms with Gasteiger partial charge in [0.25, 0.3) is 0 Å². The summed E-state index contributed by atoms with van der Waals surface area (Å²) in [5.74, 6) is 0.0486. The second-order valence-corrected chi connectivity index (χ2v) is 1.95. The third-order valence-electron chi connectivity index (χ3n) is 0.364. The topological polar surface area (TPSA) is 49.9 Å². The molecule has 0 atom stereocenters. The van der Waals surface area contributed by atoms with Gasteiger partial charge in [0.05, 0.1) is 0 Å². The lowest BCUT2D eigenvalue weighted by atomic mass is 10.5. The minimum Gasteiger partial charge on any atom is -0.384 e. The summed E-state index contributed by atoms with van der Waals surface area (Å²) in [6.45, 7) is 1.77. The van der Waals surface area contributed by atoms with Crippen LogP contribution in [0.15, 0.2) is 11.0 Å². The highest BCUT2D eigenvalue weighted by atomic mass is 32.1. The molecule has 40 valence electrons. The lowest BCUT2D eigenvalue weighted by molar-refractivity contribution is 1.46. The molecule has 0 unspecified atom stereocenters. The standard InChI is InChI=1S/C4H8N2S/c1-3(7)2-4(5)6/h2,7H,1H3,(H3,5,6)/b3-2-. The van der Waals surface area contributed by atoms with Gasteiger partial charge < -0.3 is 5.73 Å². The van der Waals surface area contributed by atoms with Crippen LogP contribution in [0.2, 0.25) is 0 Å². The summed E-state index contributed by atoms with van der Waals surface area (Å²) in [5.41, 5.74) is 4.95. The summed E-state index contributed by atoms with van der Waals surface area (Å²) in [6.07, 6.45) is 1.48. The van der Waals surface area contributed by atoms with Crippen LogP contribution in [-0.4, -0.2) is 5.84 Å². The van der Waals surface area contributed by atoms with E-state index in [0.29, 0.717) is 0 Å². The van der Waals surface area contributed by atoms with Gasteiger partial charge in [0.1, 0.15) is 5.84 Å². The molecule has 0 saturated heterocycles. The Labute approximate surface area is 48.3 Å². The fourth-order valence-electron chi connectivity index (χ4n) is 0.225. The molecule has 0 saturated carbocycles. The van der Waals surface area contributed by atoms with Crippen molar-refractivity contribution >= 4 is 18.5 Å². The van der Waals surface area contributed by atoms with Crippen LogP contribution in [0.5, 0.6) is 0 Å². The summed E-state index contributed by atoms with van der Waals surface area (Å²) in [7, 11) is 0.